The van der Waals surface area contributed by atoms with Crippen LogP contribution in [0.3, 0.4) is 0 Å². The zero-order valence-corrected chi connectivity index (χ0v) is 58.3. The van der Waals surface area contributed by atoms with E-state index in [2.05, 4.69) is 57.4 Å². The first-order valence-electron chi connectivity index (χ1n) is 33.6. The Labute approximate surface area is 581 Å². The Morgan fingerprint density at radius 3 is 1.71 bits per heavy atom. The second kappa shape index (κ2) is 33.7. The minimum Gasteiger partial charge on any atom is -0.489 e. The molecule has 0 aromatic heterocycles. The molecule has 508 valence electrons. The second-order valence-corrected chi connectivity index (χ2v) is 32.3. The van der Waals surface area contributed by atoms with E-state index >= 15 is 4.79 Å². The van der Waals surface area contributed by atoms with Gasteiger partial charge in [-0.1, -0.05) is 227 Å². The summed E-state index contributed by atoms with van der Waals surface area (Å²) in [6.07, 6.45) is -5.29. The summed E-state index contributed by atoms with van der Waals surface area (Å²) in [5.74, 6) is -1.58. The number of cyclic esters (lactones) is 1. The second-order valence-electron chi connectivity index (χ2n) is 26.5. The summed E-state index contributed by atoms with van der Waals surface area (Å²) in [6.45, 7) is 11.8. The summed E-state index contributed by atoms with van der Waals surface area (Å²) in [5.41, 5.74) is 8.62. The third-order valence-corrected chi connectivity index (χ3v) is 24.3. The number of rotatable bonds is 30. The van der Waals surface area contributed by atoms with E-state index in [9.17, 15) is 14.0 Å². The molecule has 0 radical (unpaired) electrons. The molecule has 2 amide bonds. The highest BCUT2D eigenvalue weighted by Crippen LogP contribution is 2.46. The van der Waals surface area contributed by atoms with Crippen LogP contribution in [0.5, 0.6) is 5.75 Å². The lowest BCUT2D eigenvalue weighted by molar-refractivity contribution is -0.261. The molecule has 0 aliphatic carbocycles. The summed E-state index contributed by atoms with van der Waals surface area (Å²) < 4.78 is 68.3. The van der Waals surface area contributed by atoms with Gasteiger partial charge in [0.15, 0.2) is 14.4 Å². The number of halogens is 1. The SMILES string of the molecule is COC(=O)C1O[C@@H](CSc2cc(-c3cccc(OCc4ccccc4)c3)ccc2[C@@H](Nc2ccccc2)[C@@H](CC[C@H](O[Si](C)(C)C(C)(C)C)c2ccc(F)cc2)C(=O)N2C(=O)OC[C@@H]2Cc2ccccc2)C(OCc2ccccc2)[C@H](OCc2ccccc2)[C@H]1OCc1ccccc1. The molecule has 0 saturated carbocycles. The molecule has 2 fully saturated rings. The number of esters is 1. The molecule has 1 N–H and O–H groups in total. The first kappa shape index (κ1) is 70.6. The van der Waals surface area contributed by atoms with Gasteiger partial charge >= 0.3 is 12.1 Å². The lowest BCUT2D eigenvalue weighted by Gasteiger charge is -2.45. The van der Waals surface area contributed by atoms with Crippen molar-refractivity contribution >= 4 is 43.7 Å². The fraction of sp³-hybridized carbons (Fsp3) is 0.305. The zero-order valence-electron chi connectivity index (χ0n) is 56.5. The molecule has 13 nitrogen and oxygen atoms in total. The van der Waals surface area contributed by atoms with Gasteiger partial charge in [-0.2, -0.15) is 0 Å². The third-order valence-electron chi connectivity index (χ3n) is 18.6. The van der Waals surface area contributed by atoms with Crippen LogP contribution in [-0.4, -0.2) is 87.2 Å². The van der Waals surface area contributed by atoms with E-state index in [1.807, 2.05) is 206 Å². The number of ether oxygens (including phenoxy) is 7. The third kappa shape index (κ3) is 18.5. The number of amides is 2. The molecule has 9 aromatic rings. The van der Waals surface area contributed by atoms with Crippen LogP contribution in [-0.2, 0) is 75.3 Å². The Morgan fingerprint density at radius 2 is 1.14 bits per heavy atom. The molecule has 0 spiro atoms. The van der Waals surface area contributed by atoms with Gasteiger partial charge in [-0.3, -0.25) is 4.79 Å². The molecule has 16 heteroatoms. The Kier molecular flexibility index (Phi) is 24.3. The molecule has 9 atom stereocenters. The molecule has 2 unspecified atom stereocenters. The van der Waals surface area contributed by atoms with Crippen molar-refractivity contribution < 1.29 is 56.4 Å². The molecular weight excluding hydrogens is 1270 g/mol. The van der Waals surface area contributed by atoms with Crippen LogP contribution >= 0.6 is 11.8 Å². The summed E-state index contributed by atoms with van der Waals surface area (Å²) in [4.78, 5) is 47.6. The van der Waals surface area contributed by atoms with Crippen LogP contribution in [0, 0.1) is 11.7 Å². The Balaban J connectivity index is 1.06. The Bertz CT molecular complexity index is 3990. The van der Waals surface area contributed by atoms with E-state index in [-0.39, 0.29) is 49.5 Å². The van der Waals surface area contributed by atoms with Gasteiger partial charge in [-0.05, 0) is 130 Å². The molecule has 2 aliphatic heterocycles. The van der Waals surface area contributed by atoms with Gasteiger partial charge in [-0.15, -0.1) is 11.8 Å². The molecule has 0 bridgehead atoms. The van der Waals surface area contributed by atoms with E-state index in [1.54, 1.807) is 12.1 Å². The van der Waals surface area contributed by atoms with Crippen molar-refractivity contribution in [1.82, 2.24) is 4.90 Å². The van der Waals surface area contributed by atoms with Crippen molar-refractivity contribution in [3.8, 4) is 16.9 Å². The average molecular weight is 1360 g/mol. The Hall–Kier alpha value is -8.71. The lowest BCUT2D eigenvalue weighted by atomic mass is 9.85. The fourth-order valence-corrected chi connectivity index (χ4v) is 14.8. The smallest absolute Gasteiger partial charge is 0.416 e. The number of nitrogens with one attached hydrogen (secondary N) is 1. The maximum atomic E-state index is 16.5. The molecule has 2 heterocycles. The summed E-state index contributed by atoms with van der Waals surface area (Å²) in [7, 11) is -1.23. The summed E-state index contributed by atoms with van der Waals surface area (Å²) >= 11 is 1.49. The van der Waals surface area contributed by atoms with Gasteiger partial charge < -0.3 is 42.9 Å². The normalized spacial score (nSPS) is 18.8. The minimum absolute atomic E-state index is 0.00918. The highest BCUT2D eigenvalue weighted by Gasteiger charge is 2.52. The largest absolute Gasteiger partial charge is 0.489 e. The quantitative estimate of drug-likeness (QED) is 0.0260. The highest BCUT2D eigenvalue weighted by atomic mass is 32.2. The first-order chi connectivity index (χ1) is 47.6. The number of benzene rings is 9. The number of imide groups is 1. The van der Waals surface area contributed by atoms with Crippen molar-refractivity contribution in [2.24, 2.45) is 5.92 Å². The lowest BCUT2D eigenvalue weighted by Crippen LogP contribution is -2.62. The number of para-hydroxylation sites is 1. The van der Waals surface area contributed by atoms with Crippen molar-refractivity contribution in [1.29, 1.82) is 0 Å². The van der Waals surface area contributed by atoms with Gasteiger partial charge in [0.1, 0.15) is 43.1 Å². The van der Waals surface area contributed by atoms with Gasteiger partial charge in [0.25, 0.3) is 0 Å². The maximum Gasteiger partial charge on any atom is 0.416 e. The van der Waals surface area contributed by atoms with Crippen LogP contribution < -0.4 is 10.1 Å². The van der Waals surface area contributed by atoms with Gasteiger partial charge in [0.2, 0.25) is 5.91 Å². The number of thioether (sulfide) groups is 1. The Morgan fingerprint density at radius 1 is 0.612 bits per heavy atom. The first-order valence-corrected chi connectivity index (χ1v) is 37.5. The number of carbonyl (C=O) groups is 3. The van der Waals surface area contributed by atoms with Crippen molar-refractivity contribution in [2.75, 3.05) is 24.8 Å². The van der Waals surface area contributed by atoms with Crippen LogP contribution in [0.4, 0.5) is 14.9 Å². The number of hydrogen-bond donors (Lipinski definition) is 1. The molecular formula is C82H87FN2O11SSi. The number of methoxy groups -OCH3 is 1. The average Bonchev–Trinajstić information content (AvgIpc) is 1.03. The molecule has 11 rings (SSSR count). The fourth-order valence-electron chi connectivity index (χ4n) is 12.3. The topological polar surface area (TPSA) is 140 Å². The zero-order chi connectivity index (χ0) is 68.4. The van der Waals surface area contributed by atoms with Crippen LogP contribution in [0.15, 0.2) is 254 Å². The van der Waals surface area contributed by atoms with Gasteiger partial charge in [0.05, 0.1) is 57.1 Å². The van der Waals surface area contributed by atoms with Crippen LogP contribution in [0.2, 0.25) is 18.1 Å². The molecule has 98 heavy (non-hydrogen) atoms. The highest BCUT2D eigenvalue weighted by molar-refractivity contribution is 7.99. The molecule has 2 aliphatic rings. The van der Waals surface area contributed by atoms with Gasteiger partial charge in [0, 0.05) is 16.3 Å². The number of hydrogen-bond acceptors (Lipinski definition) is 13. The van der Waals surface area contributed by atoms with Gasteiger partial charge in [-0.25, -0.2) is 18.9 Å². The van der Waals surface area contributed by atoms with E-state index in [0.29, 0.717) is 25.2 Å². The predicted molar refractivity (Wildman–Crippen MR) is 384 cm³/mol. The summed E-state index contributed by atoms with van der Waals surface area (Å²) in [5, 5.41) is 3.67. The summed E-state index contributed by atoms with van der Waals surface area (Å²) in [6, 6.07) is 78.1. The van der Waals surface area contributed by atoms with E-state index in [4.69, 9.17) is 37.6 Å². The van der Waals surface area contributed by atoms with Crippen LogP contribution in [0.1, 0.15) is 84.7 Å². The van der Waals surface area contributed by atoms with Crippen molar-refractivity contribution in [3.05, 3.63) is 293 Å². The molecule has 9 aromatic carbocycles. The van der Waals surface area contributed by atoms with E-state index < -0.39 is 80.9 Å². The predicted octanol–water partition coefficient (Wildman–Crippen LogP) is 17.8. The minimum atomic E-state index is -2.57. The van der Waals surface area contributed by atoms with Crippen LogP contribution in [0.25, 0.3) is 11.1 Å². The standard InChI is InChI=1S/C82H87FN2O11SSi/c1-82(2,3)98(5,6)96-71(62-40-43-65(83)44-41-62)47-46-70(79(86)85-67(55-94-81(85)88)48-57-26-13-7-14-27-57)74(84-66-37-23-12-24-38-66)69-45-42-64(63-36-25-39-68(49-63)90-51-58-28-15-8-16-29-58)50-73(69)97-56-72-75(91-52-59-30-17-9-18-31-59)76(92-53-60-32-19-10-20-33-60)77(78(95-72)80(87)89-4)93-54-61-34-21-11-22-35-61/h7-45,49-50,67,70-72,74-78,84H,46-48,51-56H2,1-6H3/t67-,70+,71-,72-,74+,75?,76-,77+,78?/m0/s1. The maximum absolute atomic E-state index is 16.5. The van der Waals surface area contributed by atoms with Crippen molar-refractivity contribution in [3.63, 3.8) is 0 Å². The van der Waals surface area contributed by atoms with E-state index in [0.717, 1.165) is 60.7 Å². The molecule has 2 saturated heterocycles. The number of nitrogens with zero attached hydrogens (tertiary/aromatic N) is 1. The number of anilines is 1. The monoisotopic (exact) mass is 1350 g/mol. The van der Waals surface area contributed by atoms with Crippen molar-refractivity contribution in [2.45, 2.75) is 138 Å². The number of carbonyl (C=O) groups excluding carboxylic acids is 3. The van der Waals surface area contributed by atoms with E-state index in [1.165, 1.54) is 35.9 Å².